The van der Waals surface area contributed by atoms with Crippen LogP contribution in [0, 0.1) is 0 Å². The van der Waals surface area contributed by atoms with Gasteiger partial charge in [0, 0.05) is 12.2 Å². The summed E-state index contributed by atoms with van der Waals surface area (Å²) in [6.07, 6.45) is 2.56. The Morgan fingerprint density at radius 3 is 2.67 bits per heavy atom. The third kappa shape index (κ3) is 2.21. The Morgan fingerprint density at radius 1 is 1.60 bits per heavy atom. The minimum absolute atomic E-state index is 0.00120. The van der Waals surface area contributed by atoms with Crippen LogP contribution in [0.1, 0.15) is 31.5 Å². The van der Waals surface area contributed by atoms with E-state index in [1.807, 2.05) is 0 Å². The topological polar surface area (TPSA) is 98.2 Å². The largest absolute Gasteiger partial charge is 0.480 e. The van der Waals surface area contributed by atoms with Gasteiger partial charge in [0.25, 0.3) is 5.56 Å². The minimum atomic E-state index is -1.32. The fourth-order valence-electron chi connectivity index (χ4n) is 1.16. The molecule has 3 N–H and O–H groups in total. The Morgan fingerprint density at radius 2 is 2.20 bits per heavy atom. The molecule has 0 fully saturated rings. The highest BCUT2D eigenvalue weighted by Crippen LogP contribution is 2.05. The molecule has 1 aromatic heterocycles. The predicted molar refractivity (Wildman–Crippen MR) is 53.4 cm³/mol. The zero-order valence-electron chi connectivity index (χ0n) is 8.54. The van der Waals surface area contributed by atoms with Gasteiger partial charge in [0.05, 0.1) is 11.9 Å². The molecule has 15 heavy (non-hydrogen) atoms. The van der Waals surface area contributed by atoms with E-state index in [9.17, 15) is 9.59 Å². The maximum Gasteiger partial charge on any atom is 0.325 e. The average molecular weight is 211 g/mol. The van der Waals surface area contributed by atoms with Crippen LogP contribution in [0.2, 0.25) is 0 Å². The second kappa shape index (κ2) is 4.22. The van der Waals surface area contributed by atoms with Crippen LogP contribution >= 0.6 is 0 Å². The summed E-state index contributed by atoms with van der Waals surface area (Å²) in [5.74, 6) is -1.24. The first-order valence-corrected chi connectivity index (χ1v) is 4.49. The third-order valence-corrected chi connectivity index (χ3v) is 2.04. The van der Waals surface area contributed by atoms with Gasteiger partial charge in [-0.05, 0) is 13.8 Å². The van der Waals surface area contributed by atoms with Gasteiger partial charge >= 0.3 is 5.97 Å². The van der Waals surface area contributed by atoms with E-state index in [1.54, 1.807) is 13.8 Å². The van der Waals surface area contributed by atoms with E-state index in [0.29, 0.717) is 0 Å². The minimum Gasteiger partial charge on any atom is -0.480 e. The molecule has 0 bridgehead atoms. The van der Waals surface area contributed by atoms with Crippen molar-refractivity contribution in [3.8, 4) is 0 Å². The quantitative estimate of drug-likeness (QED) is 0.728. The second-order valence-corrected chi connectivity index (χ2v) is 3.47. The number of carboxylic acid groups (broad SMARTS) is 1. The van der Waals surface area contributed by atoms with Gasteiger partial charge < -0.3 is 10.8 Å². The molecule has 1 rings (SSSR count). The molecule has 0 aromatic carbocycles. The molecule has 0 saturated heterocycles. The predicted octanol–water partition coefficient (Wildman–Crippen LogP) is -0.0914. The van der Waals surface area contributed by atoms with Crippen LogP contribution in [-0.4, -0.2) is 20.6 Å². The van der Waals surface area contributed by atoms with Crippen LogP contribution in [0.25, 0.3) is 0 Å². The Hall–Kier alpha value is -1.69. The van der Waals surface area contributed by atoms with Crippen molar-refractivity contribution in [2.45, 2.75) is 25.9 Å². The van der Waals surface area contributed by atoms with Gasteiger partial charge in [0.2, 0.25) is 0 Å². The number of hydrogen-bond acceptors (Lipinski definition) is 4. The van der Waals surface area contributed by atoms with E-state index in [2.05, 4.69) is 4.98 Å². The number of nitrogens with zero attached hydrogens (tertiary/aromatic N) is 2. The Balaban J connectivity index is 3.27. The maximum absolute atomic E-state index is 11.7. The molecule has 0 amide bonds. The van der Waals surface area contributed by atoms with Crippen molar-refractivity contribution in [1.82, 2.24) is 9.55 Å². The molecule has 0 saturated carbocycles. The molecule has 6 nitrogen and oxygen atoms in total. The third-order valence-electron chi connectivity index (χ3n) is 2.04. The van der Waals surface area contributed by atoms with Crippen molar-refractivity contribution in [1.29, 1.82) is 0 Å². The molecular weight excluding hydrogens is 198 g/mol. The molecule has 0 aliphatic carbocycles. The lowest BCUT2D eigenvalue weighted by Gasteiger charge is -2.12. The smallest absolute Gasteiger partial charge is 0.325 e. The first-order valence-electron chi connectivity index (χ1n) is 4.49. The molecule has 6 heteroatoms. The maximum atomic E-state index is 11.7. The summed E-state index contributed by atoms with van der Waals surface area (Å²) in [4.78, 5) is 26.2. The fraction of sp³-hybridized carbons (Fsp3) is 0.444. The molecule has 0 spiro atoms. The Bertz CT molecular complexity index is 425. The van der Waals surface area contributed by atoms with Gasteiger partial charge in [-0.1, -0.05) is 0 Å². The van der Waals surface area contributed by atoms with Crippen LogP contribution in [-0.2, 0) is 4.79 Å². The lowest BCUT2D eigenvalue weighted by molar-refractivity contribution is -0.138. The van der Waals surface area contributed by atoms with Crippen LogP contribution in [0.4, 0.5) is 0 Å². The van der Waals surface area contributed by atoms with Crippen molar-refractivity contribution >= 4 is 5.97 Å². The Kier molecular flexibility index (Phi) is 3.21. The first kappa shape index (κ1) is 11.4. The van der Waals surface area contributed by atoms with Crippen LogP contribution < -0.4 is 11.3 Å². The van der Waals surface area contributed by atoms with Crippen molar-refractivity contribution in [2.24, 2.45) is 5.73 Å². The molecule has 0 aliphatic heterocycles. The lowest BCUT2D eigenvalue weighted by atomic mass is 10.1. The number of carbonyl (C=O) groups is 1. The highest BCUT2D eigenvalue weighted by molar-refractivity contribution is 5.74. The van der Waals surface area contributed by atoms with E-state index in [1.165, 1.54) is 17.1 Å². The zero-order valence-corrected chi connectivity index (χ0v) is 8.54. The molecule has 1 aromatic rings. The molecular formula is C9H13N3O3. The normalized spacial score (nSPS) is 12.8. The number of hydrogen-bond donors (Lipinski definition) is 2. The number of carboxylic acids is 1. The van der Waals surface area contributed by atoms with Crippen molar-refractivity contribution in [3.05, 3.63) is 28.4 Å². The summed E-state index contributed by atoms with van der Waals surface area (Å²) in [7, 11) is 0. The van der Waals surface area contributed by atoms with E-state index in [-0.39, 0.29) is 11.6 Å². The Labute approximate surface area is 86.4 Å². The van der Waals surface area contributed by atoms with Crippen LogP contribution in [0.15, 0.2) is 17.3 Å². The SMILES string of the molecule is CC(C)n1cncc(C(N)C(=O)O)c1=O. The number of nitrogens with two attached hydrogens (primary N) is 1. The van der Waals surface area contributed by atoms with Gasteiger partial charge in [-0.25, -0.2) is 4.98 Å². The zero-order chi connectivity index (χ0) is 11.6. The number of rotatable bonds is 3. The molecule has 0 aliphatic rings. The van der Waals surface area contributed by atoms with Gasteiger partial charge in [-0.2, -0.15) is 0 Å². The average Bonchev–Trinajstić information content (AvgIpc) is 2.16. The van der Waals surface area contributed by atoms with E-state index >= 15 is 0 Å². The summed E-state index contributed by atoms with van der Waals surface area (Å²) in [6.45, 7) is 3.61. The monoisotopic (exact) mass is 211 g/mol. The highest BCUT2D eigenvalue weighted by Gasteiger charge is 2.19. The van der Waals surface area contributed by atoms with E-state index in [4.69, 9.17) is 10.8 Å². The second-order valence-electron chi connectivity index (χ2n) is 3.47. The number of aliphatic carboxylic acids is 1. The first-order chi connectivity index (χ1) is 6.95. The van der Waals surface area contributed by atoms with Crippen LogP contribution in [0.3, 0.4) is 0 Å². The van der Waals surface area contributed by atoms with Gasteiger partial charge in [0.1, 0.15) is 6.04 Å². The van der Waals surface area contributed by atoms with E-state index < -0.39 is 17.6 Å². The van der Waals surface area contributed by atoms with Crippen molar-refractivity contribution in [2.75, 3.05) is 0 Å². The molecule has 1 heterocycles. The standard InChI is InChI=1S/C9H13N3O3/c1-5(2)12-4-11-3-6(8(12)13)7(10)9(14)15/h3-5,7H,10H2,1-2H3,(H,14,15). The summed E-state index contributed by atoms with van der Waals surface area (Å²) >= 11 is 0. The van der Waals surface area contributed by atoms with Gasteiger partial charge in [-0.3, -0.25) is 14.2 Å². The molecule has 1 unspecified atom stereocenters. The summed E-state index contributed by atoms with van der Waals surface area (Å²) in [5, 5.41) is 8.69. The highest BCUT2D eigenvalue weighted by atomic mass is 16.4. The van der Waals surface area contributed by atoms with Crippen molar-refractivity contribution in [3.63, 3.8) is 0 Å². The van der Waals surface area contributed by atoms with Gasteiger partial charge in [-0.15, -0.1) is 0 Å². The summed E-state index contributed by atoms with van der Waals surface area (Å²) in [5.41, 5.74) is 4.95. The van der Waals surface area contributed by atoms with Gasteiger partial charge in [0.15, 0.2) is 0 Å². The molecule has 82 valence electrons. The van der Waals surface area contributed by atoms with E-state index in [0.717, 1.165) is 0 Å². The summed E-state index contributed by atoms with van der Waals surface area (Å²) in [6, 6.07) is -1.40. The molecule has 0 radical (unpaired) electrons. The molecule has 1 atom stereocenters. The van der Waals surface area contributed by atoms with Crippen LogP contribution in [0.5, 0.6) is 0 Å². The number of aromatic nitrogens is 2. The summed E-state index contributed by atoms with van der Waals surface area (Å²) < 4.78 is 1.35. The fourth-order valence-corrected chi connectivity index (χ4v) is 1.16. The van der Waals surface area contributed by atoms with Crippen molar-refractivity contribution < 1.29 is 9.90 Å². The lowest BCUT2D eigenvalue weighted by Crippen LogP contribution is -2.32.